The average molecular weight is 327 g/mol. The quantitative estimate of drug-likeness (QED) is 0.874. The molecule has 0 bridgehead atoms. The topological polar surface area (TPSA) is 88.8 Å². The molecule has 24 heavy (non-hydrogen) atoms. The van der Waals surface area contributed by atoms with Crippen LogP contribution < -0.4 is 10.2 Å². The fraction of sp³-hybridized carbons (Fsp3) is 0.562. The maximum atomic E-state index is 12.2. The van der Waals surface area contributed by atoms with Crippen LogP contribution in [0, 0.1) is 11.8 Å². The molecule has 1 amide bonds. The van der Waals surface area contributed by atoms with E-state index in [-0.39, 0.29) is 11.8 Å². The first kappa shape index (κ1) is 15.0. The third kappa shape index (κ3) is 3.37. The Kier molecular flexibility index (Phi) is 4.10. The molecule has 1 saturated carbocycles. The van der Waals surface area contributed by atoms with Crippen molar-refractivity contribution in [2.45, 2.75) is 25.7 Å². The number of piperidine rings is 1. The van der Waals surface area contributed by atoms with Crippen molar-refractivity contribution in [3.8, 4) is 5.82 Å². The van der Waals surface area contributed by atoms with Gasteiger partial charge in [0.05, 0.1) is 0 Å². The SMILES string of the molecule is O=C(NCC1CC1)C1CCN(c2ccc(-n3cncn3)nn2)CC1. The number of rotatable bonds is 5. The summed E-state index contributed by atoms with van der Waals surface area (Å²) in [5.41, 5.74) is 0. The molecule has 0 radical (unpaired) electrons. The summed E-state index contributed by atoms with van der Waals surface area (Å²) < 4.78 is 1.58. The van der Waals surface area contributed by atoms with Crippen molar-refractivity contribution in [3.05, 3.63) is 24.8 Å². The van der Waals surface area contributed by atoms with Gasteiger partial charge >= 0.3 is 0 Å². The molecular weight excluding hydrogens is 306 g/mol. The first-order valence-electron chi connectivity index (χ1n) is 8.51. The summed E-state index contributed by atoms with van der Waals surface area (Å²) >= 11 is 0. The highest BCUT2D eigenvalue weighted by molar-refractivity contribution is 5.79. The van der Waals surface area contributed by atoms with Gasteiger partial charge in [0.2, 0.25) is 5.91 Å². The maximum Gasteiger partial charge on any atom is 0.223 e. The standard InChI is InChI=1S/C16H21N7O/c24-16(18-9-12-1-2-12)13-5-7-22(8-6-13)14-3-4-15(21-20-14)23-11-17-10-19-23/h3-4,10-13H,1-2,5-9H2,(H,18,24). The van der Waals surface area contributed by atoms with Crippen LogP contribution in [0.2, 0.25) is 0 Å². The second kappa shape index (κ2) is 6.54. The van der Waals surface area contributed by atoms with Crippen LogP contribution in [0.4, 0.5) is 5.82 Å². The Balaban J connectivity index is 1.31. The minimum absolute atomic E-state index is 0.127. The highest BCUT2D eigenvalue weighted by Crippen LogP contribution is 2.28. The maximum absolute atomic E-state index is 12.2. The van der Waals surface area contributed by atoms with Crippen LogP contribution in [-0.4, -0.2) is 50.5 Å². The monoisotopic (exact) mass is 327 g/mol. The fourth-order valence-corrected chi connectivity index (χ4v) is 3.02. The van der Waals surface area contributed by atoms with Gasteiger partial charge in [-0.3, -0.25) is 4.79 Å². The van der Waals surface area contributed by atoms with Gasteiger partial charge < -0.3 is 10.2 Å². The second-order valence-electron chi connectivity index (χ2n) is 6.54. The van der Waals surface area contributed by atoms with Crippen molar-refractivity contribution in [2.75, 3.05) is 24.5 Å². The molecule has 0 atom stereocenters. The van der Waals surface area contributed by atoms with Crippen molar-refractivity contribution < 1.29 is 4.79 Å². The average Bonchev–Trinajstić information content (AvgIpc) is 3.31. The molecule has 1 saturated heterocycles. The van der Waals surface area contributed by atoms with Gasteiger partial charge in [0.25, 0.3) is 0 Å². The molecule has 1 aliphatic carbocycles. The predicted octanol–water partition coefficient (Wildman–Crippen LogP) is 0.800. The largest absolute Gasteiger partial charge is 0.356 e. The molecule has 3 heterocycles. The number of nitrogens with zero attached hydrogens (tertiary/aromatic N) is 6. The van der Waals surface area contributed by atoms with E-state index in [4.69, 9.17) is 0 Å². The van der Waals surface area contributed by atoms with Gasteiger partial charge in [0.15, 0.2) is 11.6 Å². The van der Waals surface area contributed by atoms with Crippen LogP contribution in [0.15, 0.2) is 24.8 Å². The summed E-state index contributed by atoms with van der Waals surface area (Å²) in [5, 5.41) is 15.6. The minimum Gasteiger partial charge on any atom is -0.356 e. The molecular formula is C16H21N7O. The molecule has 1 aliphatic heterocycles. The Labute approximate surface area is 140 Å². The number of nitrogens with one attached hydrogen (secondary N) is 1. The minimum atomic E-state index is 0.127. The van der Waals surface area contributed by atoms with E-state index in [0.29, 0.717) is 5.82 Å². The van der Waals surface area contributed by atoms with Gasteiger partial charge in [-0.05, 0) is 43.7 Å². The zero-order valence-electron chi connectivity index (χ0n) is 13.5. The second-order valence-corrected chi connectivity index (χ2v) is 6.54. The number of aromatic nitrogens is 5. The molecule has 2 aromatic heterocycles. The Morgan fingerprint density at radius 3 is 2.50 bits per heavy atom. The van der Waals surface area contributed by atoms with E-state index in [1.165, 1.54) is 19.2 Å². The van der Waals surface area contributed by atoms with E-state index < -0.39 is 0 Å². The Morgan fingerprint density at radius 2 is 1.88 bits per heavy atom. The molecule has 126 valence electrons. The number of carbonyl (C=O) groups excluding carboxylic acids is 1. The fourth-order valence-electron chi connectivity index (χ4n) is 3.02. The van der Waals surface area contributed by atoms with Gasteiger partial charge in [-0.2, -0.15) is 5.10 Å². The number of carbonyl (C=O) groups is 1. The van der Waals surface area contributed by atoms with Gasteiger partial charge in [0, 0.05) is 25.6 Å². The van der Waals surface area contributed by atoms with Crippen LogP contribution in [-0.2, 0) is 4.79 Å². The lowest BCUT2D eigenvalue weighted by Crippen LogP contribution is -2.41. The Morgan fingerprint density at radius 1 is 1.12 bits per heavy atom. The van der Waals surface area contributed by atoms with Crippen LogP contribution in [0.25, 0.3) is 5.82 Å². The number of anilines is 1. The van der Waals surface area contributed by atoms with Crippen LogP contribution >= 0.6 is 0 Å². The normalized spacial score (nSPS) is 18.6. The van der Waals surface area contributed by atoms with Gasteiger partial charge in [-0.25, -0.2) is 9.67 Å². The van der Waals surface area contributed by atoms with Crippen molar-refractivity contribution >= 4 is 11.7 Å². The van der Waals surface area contributed by atoms with E-state index in [9.17, 15) is 4.79 Å². The molecule has 0 unspecified atom stereocenters. The number of amides is 1. The molecule has 0 spiro atoms. The highest BCUT2D eigenvalue weighted by Gasteiger charge is 2.27. The molecule has 4 rings (SSSR count). The third-order valence-electron chi connectivity index (χ3n) is 4.74. The van der Waals surface area contributed by atoms with E-state index >= 15 is 0 Å². The molecule has 1 N–H and O–H groups in total. The Bertz CT molecular complexity index is 673. The van der Waals surface area contributed by atoms with E-state index in [1.807, 2.05) is 12.1 Å². The first-order valence-corrected chi connectivity index (χ1v) is 8.51. The van der Waals surface area contributed by atoms with E-state index in [0.717, 1.165) is 44.2 Å². The zero-order valence-corrected chi connectivity index (χ0v) is 13.5. The Hall–Kier alpha value is -2.51. The molecule has 2 fully saturated rings. The van der Waals surface area contributed by atoms with Crippen molar-refractivity contribution in [1.29, 1.82) is 0 Å². The summed E-state index contributed by atoms with van der Waals surface area (Å²) in [7, 11) is 0. The summed E-state index contributed by atoms with van der Waals surface area (Å²) in [4.78, 5) is 18.3. The van der Waals surface area contributed by atoms with Gasteiger partial charge in [0.1, 0.15) is 12.7 Å². The van der Waals surface area contributed by atoms with Gasteiger partial charge in [-0.15, -0.1) is 10.2 Å². The lowest BCUT2D eigenvalue weighted by Gasteiger charge is -2.31. The summed E-state index contributed by atoms with van der Waals surface area (Å²) in [5.74, 6) is 2.56. The summed E-state index contributed by atoms with van der Waals surface area (Å²) in [6, 6.07) is 3.82. The smallest absolute Gasteiger partial charge is 0.223 e. The molecule has 0 aromatic carbocycles. The van der Waals surface area contributed by atoms with Crippen molar-refractivity contribution in [3.63, 3.8) is 0 Å². The summed E-state index contributed by atoms with van der Waals surface area (Å²) in [6.07, 6.45) is 7.32. The van der Waals surface area contributed by atoms with Gasteiger partial charge in [-0.1, -0.05) is 0 Å². The number of hydrogen-bond donors (Lipinski definition) is 1. The molecule has 2 aliphatic rings. The summed E-state index contributed by atoms with van der Waals surface area (Å²) in [6.45, 7) is 2.52. The first-order chi connectivity index (χ1) is 11.8. The van der Waals surface area contributed by atoms with Crippen LogP contribution in [0.1, 0.15) is 25.7 Å². The van der Waals surface area contributed by atoms with Crippen LogP contribution in [0.3, 0.4) is 0 Å². The van der Waals surface area contributed by atoms with Crippen molar-refractivity contribution in [2.24, 2.45) is 11.8 Å². The molecule has 2 aromatic rings. The van der Waals surface area contributed by atoms with E-state index in [1.54, 1.807) is 11.0 Å². The third-order valence-corrected chi connectivity index (χ3v) is 4.74. The van der Waals surface area contributed by atoms with Crippen molar-refractivity contribution in [1.82, 2.24) is 30.3 Å². The number of hydrogen-bond acceptors (Lipinski definition) is 6. The lowest BCUT2D eigenvalue weighted by molar-refractivity contribution is -0.125. The highest BCUT2D eigenvalue weighted by atomic mass is 16.1. The molecule has 8 heteroatoms. The predicted molar refractivity (Wildman–Crippen MR) is 87.6 cm³/mol. The molecule has 8 nitrogen and oxygen atoms in total. The van der Waals surface area contributed by atoms with E-state index in [2.05, 4.69) is 30.5 Å². The van der Waals surface area contributed by atoms with Crippen LogP contribution in [0.5, 0.6) is 0 Å². The zero-order chi connectivity index (χ0) is 16.4. The lowest BCUT2D eigenvalue weighted by atomic mass is 9.96.